The van der Waals surface area contributed by atoms with Crippen LogP contribution in [0.5, 0.6) is 0 Å². The highest BCUT2D eigenvalue weighted by molar-refractivity contribution is 7.44. The minimum Gasteiger partial charge on any atom is -0.374 e. The smallest absolute Gasteiger partial charge is 0.101 e. The average molecular weight is 218 g/mol. The lowest BCUT2D eigenvalue weighted by Gasteiger charge is -2.07. The topological polar surface area (TPSA) is 76.1 Å². The molecular weight excluding hydrogens is 199 g/mol. The lowest BCUT2D eigenvalue weighted by Crippen LogP contribution is -2.17. The molecule has 2 unspecified atom stereocenters. The number of hydrogen-bond acceptors (Lipinski definition) is 4. The van der Waals surface area contributed by atoms with E-state index in [1.165, 1.54) is 0 Å². The van der Waals surface area contributed by atoms with Gasteiger partial charge in [-0.25, -0.2) is 0 Å². The monoisotopic (exact) mass is 218 g/mol. The summed E-state index contributed by atoms with van der Waals surface area (Å²) < 4.78 is 16.6. The molecule has 0 radical (unpaired) electrons. The van der Waals surface area contributed by atoms with Gasteiger partial charge in [0.05, 0.1) is 18.5 Å². The zero-order valence-electron chi connectivity index (χ0n) is 8.82. The standard InChI is InChI=1S/C9H19N2O2P/c1-8(2)6-13-7-14(12)4-3-9(11)5-10/h8-9,14H,3-4,6-7,11H2,1-2H3. The molecule has 14 heavy (non-hydrogen) atoms. The van der Waals surface area contributed by atoms with Gasteiger partial charge in [0.15, 0.2) is 0 Å². The molecule has 2 atom stereocenters. The molecule has 0 fully saturated rings. The number of nitrogens with two attached hydrogens (primary N) is 1. The van der Waals surface area contributed by atoms with Crippen molar-refractivity contribution in [3.05, 3.63) is 0 Å². The summed E-state index contributed by atoms with van der Waals surface area (Å²) >= 11 is 0. The van der Waals surface area contributed by atoms with Crippen molar-refractivity contribution in [1.82, 2.24) is 0 Å². The molecule has 0 aliphatic heterocycles. The van der Waals surface area contributed by atoms with Crippen molar-refractivity contribution < 1.29 is 9.30 Å². The van der Waals surface area contributed by atoms with E-state index in [9.17, 15) is 4.57 Å². The normalized spacial score (nSPS) is 15.1. The summed E-state index contributed by atoms with van der Waals surface area (Å²) in [6.45, 7) is 4.73. The van der Waals surface area contributed by atoms with Crippen LogP contribution in [0, 0.1) is 17.2 Å². The molecule has 0 aromatic carbocycles. The molecule has 0 aliphatic carbocycles. The van der Waals surface area contributed by atoms with Gasteiger partial charge < -0.3 is 15.0 Å². The molecule has 0 aromatic rings. The third-order valence-electron chi connectivity index (χ3n) is 1.61. The van der Waals surface area contributed by atoms with Crippen LogP contribution in [0.2, 0.25) is 0 Å². The Labute approximate surface area is 86.2 Å². The number of hydrogen-bond donors (Lipinski definition) is 1. The van der Waals surface area contributed by atoms with E-state index in [-0.39, 0.29) is 0 Å². The van der Waals surface area contributed by atoms with Gasteiger partial charge in [0.1, 0.15) is 7.80 Å². The maximum absolute atomic E-state index is 11.3. The van der Waals surface area contributed by atoms with Crippen LogP contribution < -0.4 is 5.73 Å². The molecule has 0 bridgehead atoms. The van der Waals surface area contributed by atoms with Crippen LogP contribution in [0.15, 0.2) is 0 Å². The van der Waals surface area contributed by atoms with Crippen molar-refractivity contribution in [2.24, 2.45) is 11.7 Å². The lowest BCUT2D eigenvalue weighted by molar-refractivity contribution is 0.148. The maximum Gasteiger partial charge on any atom is 0.101 e. The lowest BCUT2D eigenvalue weighted by atomic mass is 10.2. The molecule has 5 heteroatoms. The van der Waals surface area contributed by atoms with Gasteiger partial charge in [-0.3, -0.25) is 0 Å². The van der Waals surface area contributed by atoms with Crippen molar-refractivity contribution in [2.75, 3.05) is 19.1 Å². The van der Waals surface area contributed by atoms with E-state index in [1.807, 2.05) is 19.9 Å². The molecule has 0 saturated heterocycles. The predicted molar refractivity (Wildman–Crippen MR) is 57.7 cm³/mol. The van der Waals surface area contributed by atoms with Crippen molar-refractivity contribution in [1.29, 1.82) is 5.26 Å². The fourth-order valence-corrected chi connectivity index (χ4v) is 1.98. The van der Waals surface area contributed by atoms with Crippen LogP contribution in [-0.2, 0) is 9.30 Å². The highest BCUT2D eigenvalue weighted by Crippen LogP contribution is 2.21. The Hall–Kier alpha value is -0.360. The Morgan fingerprint density at radius 1 is 1.57 bits per heavy atom. The predicted octanol–water partition coefficient (Wildman–Crippen LogP) is 1.42. The number of nitriles is 1. The number of nitrogens with zero attached hydrogens (tertiary/aromatic N) is 1. The van der Waals surface area contributed by atoms with Crippen molar-refractivity contribution in [3.63, 3.8) is 0 Å². The van der Waals surface area contributed by atoms with Crippen LogP contribution in [0.3, 0.4) is 0 Å². The Kier molecular flexibility index (Phi) is 7.78. The number of ether oxygens (including phenoxy) is 1. The Morgan fingerprint density at radius 3 is 2.71 bits per heavy atom. The summed E-state index contributed by atoms with van der Waals surface area (Å²) in [7, 11) is -1.69. The summed E-state index contributed by atoms with van der Waals surface area (Å²) in [5.74, 6) is 0.464. The summed E-state index contributed by atoms with van der Waals surface area (Å²) in [5, 5.41) is 8.40. The summed E-state index contributed by atoms with van der Waals surface area (Å²) in [4.78, 5) is 0. The van der Waals surface area contributed by atoms with Gasteiger partial charge >= 0.3 is 0 Å². The Balaban J connectivity index is 3.43. The molecule has 4 nitrogen and oxygen atoms in total. The van der Waals surface area contributed by atoms with Gasteiger partial charge in [-0.15, -0.1) is 0 Å². The van der Waals surface area contributed by atoms with Gasteiger partial charge in [-0.2, -0.15) is 5.26 Å². The van der Waals surface area contributed by atoms with Crippen LogP contribution in [0.25, 0.3) is 0 Å². The minimum absolute atomic E-state index is 0.320. The molecule has 0 heterocycles. The van der Waals surface area contributed by atoms with Gasteiger partial charge in [0.2, 0.25) is 0 Å². The molecule has 82 valence electrons. The SMILES string of the molecule is CC(C)COC[PH](=O)CCC(N)C#N. The minimum atomic E-state index is -1.69. The second-order valence-electron chi connectivity index (χ2n) is 3.72. The fraction of sp³-hybridized carbons (Fsp3) is 0.889. The molecular formula is C9H19N2O2P. The van der Waals surface area contributed by atoms with Gasteiger partial charge in [0.25, 0.3) is 0 Å². The molecule has 2 N–H and O–H groups in total. The van der Waals surface area contributed by atoms with Crippen molar-refractivity contribution >= 4 is 7.80 Å². The fourth-order valence-electron chi connectivity index (χ4n) is 0.862. The van der Waals surface area contributed by atoms with E-state index in [1.54, 1.807) is 0 Å². The summed E-state index contributed by atoms with van der Waals surface area (Å²) in [5.41, 5.74) is 5.37. The van der Waals surface area contributed by atoms with E-state index in [0.717, 1.165) is 0 Å². The molecule has 0 spiro atoms. The van der Waals surface area contributed by atoms with Crippen LogP contribution in [0.4, 0.5) is 0 Å². The van der Waals surface area contributed by atoms with E-state index >= 15 is 0 Å². The van der Waals surface area contributed by atoms with E-state index in [2.05, 4.69) is 0 Å². The molecule has 0 rings (SSSR count). The third-order valence-corrected chi connectivity index (χ3v) is 2.99. The molecule has 0 aromatic heterocycles. The van der Waals surface area contributed by atoms with Crippen LogP contribution >= 0.6 is 7.80 Å². The number of rotatable bonds is 7. The first-order valence-corrected chi connectivity index (χ1v) is 6.63. The van der Waals surface area contributed by atoms with Gasteiger partial charge in [0, 0.05) is 12.8 Å². The van der Waals surface area contributed by atoms with Crippen molar-refractivity contribution in [3.8, 4) is 6.07 Å². The second kappa shape index (κ2) is 7.99. The zero-order chi connectivity index (χ0) is 11.0. The van der Waals surface area contributed by atoms with Crippen LogP contribution in [-0.4, -0.2) is 25.2 Å². The third kappa shape index (κ3) is 8.25. The van der Waals surface area contributed by atoms with Gasteiger partial charge in [-0.1, -0.05) is 13.8 Å². The zero-order valence-corrected chi connectivity index (χ0v) is 9.82. The first-order chi connectivity index (χ1) is 6.56. The van der Waals surface area contributed by atoms with E-state index in [4.69, 9.17) is 15.7 Å². The first kappa shape index (κ1) is 13.6. The highest BCUT2D eigenvalue weighted by Gasteiger charge is 2.05. The second-order valence-corrected chi connectivity index (χ2v) is 5.59. The summed E-state index contributed by atoms with van der Waals surface area (Å²) in [6.07, 6.45) is 1.33. The Bertz CT molecular complexity index is 213. The quantitative estimate of drug-likeness (QED) is 0.655. The average Bonchev–Trinajstić information content (AvgIpc) is 2.13. The first-order valence-electron chi connectivity index (χ1n) is 4.81. The van der Waals surface area contributed by atoms with Crippen LogP contribution in [0.1, 0.15) is 20.3 Å². The maximum atomic E-state index is 11.3. The Morgan fingerprint density at radius 2 is 2.21 bits per heavy atom. The van der Waals surface area contributed by atoms with Gasteiger partial charge in [-0.05, 0) is 12.3 Å². The largest absolute Gasteiger partial charge is 0.374 e. The highest BCUT2D eigenvalue weighted by atomic mass is 31.1. The molecule has 0 amide bonds. The molecule has 0 aliphatic rings. The molecule has 0 saturated carbocycles. The van der Waals surface area contributed by atoms with Crippen molar-refractivity contribution in [2.45, 2.75) is 26.3 Å². The van der Waals surface area contributed by atoms with E-state index in [0.29, 0.717) is 31.5 Å². The summed E-state index contributed by atoms with van der Waals surface area (Å²) in [6, 6.07) is 1.42. The van der Waals surface area contributed by atoms with E-state index < -0.39 is 13.8 Å².